The van der Waals surface area contributed by atoms with Crippen LogP contribution in [0, 0.1) is 0 Å². The molecule has 0 aliphatic heterocycles. The molecular formula is C21H17F2N5O2S. The van der Waals surface area contributed by atoms with Crippen LogP contribution in [0.3, 0.4) is 0 Å². The van der Waals surface area contributed by atoms with Crippen LogP contribution in [-0.2, 0) is 4.79 Å². The van der Waals surface area contributed by atoms with E-state index < -0.39 is 6.61 Å². The molecule has 0 aliphatic carbocycles. The number of rotatable bonds is 7. The van der Waals surface area contributed by atoms with Crippen molar-refractivity contribution in [3.8, 4) is 17.1 Å². The first-order chi connectivity index (χ1) is 15.0. The van der Waals surface area contributed by atoms with Crippen molar-refractivity contribution in [3.63, 3.8) is 0 Å². The van der Waals surface area contributed by atoms with Gasteiger partial charge in [-0.25, -0.2) is 4.68 Å². The molecule has 0 radical (unpaired) electrons. The lowest BCUT2D eigenvalue weighted by Gasteiger charge is -2.07. The number of halogens is 2. The Morgan fingerprint density at radius 3 is 2.55 bits per heavy atom. The van der Waals surface area contributed by atoms with E-state index in [1.54, 1.807) is 12.1 Å². The van der Waals surface area contributed by atoms with Crippen LogP contribution in [0.5, 0.6) is 5.75 Å². The van der Waals surface area contributed by atoms with Crippen molar-refractivity contribution >= 4 is 34.1 Å². The van der Waals surface area contributed by atoms with E-state index in [0.29, 0.717) is 22.2 Å². The Kier molecular flexibility index (Phi) is 5.99. The third kappa shape index (κ3) is 4.92. The SMILES string of the molecule is Nn1c(SCC(=O)Nc2ccc3ccccc3c2)nnc1-c1ccc(OC(F)F)cc1. The fourth-order valence-corrected chi connectivity index (χ4v) is 3.61. The van der Waals surface area contributed by atoms with Gasteiger partial charge in [0.25, 0.3) is 0 Å². The summed E-state index contributed by atoms with van der Waals surface area (Å²) in [6, 6.07) is 19.4. The summed E-state index contributed by atoms with van der Waals surface area (Å²) in [7, 11) is 0. The number of nitrogens with two attached hydrogens (primary N) is 1. The zero-order chi connectivity index (χ0) is 21.8. The molecule has 0 spiro atoms. The first kappa shape index (κ1) is 20.6. The molecule has 158 valence electrons. The van der Waals surface area contributed by atoms with E-state index in [1.807, 2.05) is 42.5 Å². The van der Waals surface area contributed by atoms with Crippen molar-refractivity contribution in [1.29, 1.82) is 0 Å². The Labute approximate surface area is 180 Å². The molecule has 0 atom stereocenters. The highest BCUT2D eigenvalue weighted by molar-refractivity contribution is 7.99. The van der Waals surface area contributed by atoms with Gasteiger partial charge >= 0.3 is 6.61 Å². The van der Waals surface area contributed by atoms with Crippen LogP contribution in [0.2, 0.25) is 0 Å². The smallest absolute Gasteiger partial charge is 0.387 e. The monoisotopic (exact) mass is 441 g/mol. The Bertz CT molecular complexity index is 1210. The van der Waals surface area contributed by atoms with Crippen LogP contribution in [0.25, 0.3) is 22.2 Å². The summed E-state index contributed by atoms with van der Waals surface area (Å²) in [5, 5.41) is 13.3. The van der Waals surface area contributed by atoms with Gasteiger partial charge in [-0.1, -0.05) is 42.1 Å². The number of hydrogen-bond donors (Lipinski definition) is 2. The largest absolute Gasteiger partial charge is 0.435 e. The maximum absolute atomic E-state index is 12.3. The molecule has 1 heterocycles. The normalized spacial score (nSPS) is 11.1. The van der Waals surface area contributed by atoms with Gasteiger partial charge in [0.1, 0.15) is 5.75 Å². The van der Waals surface area contributed by atoms with Gasteiger partial charge in [0.15, 0.2) is 5.82 Å². The van der Waals surface area contributed by atoms with Gasteiger partial charge in [0.05, 0.1) is 5.75 Å². The summed E-state index contributed by atoms with van der Waals surface area (Å²) in [6.45, 7) is -2.90. The molecule has 31 heavy (non-hydrogen) atoms. The minimum atomic E-state index is -2.90. The Morgan fingerprint density at radius 1 is 1.06 bits per heavy atom. The fraction of sp³-hybridized carbons (Fsp3) is 0.0952. The van der Waals surface area contributed by atoms with Crippen molar-refractivity contribution in [2.24, 2.45) is 0 Å². The molecule has 1 amide bonds. The third-order valence-electron chi connectivity index (χ3n) is 4.37. The van der Waals surface area contributed by atoms with Crippen LogP contribution in [0.1, 0.15) is 0 Å². The molecule has 4 rings (SSSR count). The Balaban J connectivity index is 1.38. The second-order valence-electron chi connectivity index (χ2n) is 6.48. The lowest BCUT2D eigenvalue weighted by Crippen LogP contribution is -2.16. The van der Waals surface area contributed by atoms with Crippen molar-refractivity contribution in [2.45, 2.75) is 11.8 Å². The number of benzene rings is 3. The van der Waals surface area contributed by atoms with Gasteiger partial charge in [0, 0.05) is 11.3 Å². The van der Waals surface area contributed by atoms with Gasteiger partial charge in [-0.3, -0.25) is 4.79 Å². The van der Waals surface area contributed by atoms with Gasteiger partial charge in [-0.05, 0) is 47.2 Å². The van der Waals surface area contributed by atoms with Crippen molar-refractivity contribution < 1.29 is 18.3 Å². The number of anilines is 1. The molecule has 0 saturated heterocycles. The number of nitrogen functional groups attached to an aromatic ring is 1. The number of amides is 1. The van der Waals surface area contributed by atoms with E-state index in [9.17, 15) is 13.6 Å². The minimum absolute atomic E-state index is 0.0294. The lowest BCUT2D eigenvalue weighted by molar-refractivity contribution is -0.113. The van der Waals surface area contributed by atoms with Crippen LogP contribution >= 0.6 is 11.8 Å². The molecular weight excluding hydrogens is 424 g/mol. The summed E-state index contributed by atoms with van der Waals surface area (Å²) in [5.41, 5.74) is 1.27. The molecule has 4 aromatic rings. The highest BCUT2D eigenvalue weighted by atomic mass is 32.2. The maximum Gasteiger partial charge on any atom is 0.387 e. The standard InChI is InChI=1S/C21H17F2N5O2S/c22-20(23)30-17-9-6-14(7-10-17)19-26-27-21(28(19)24)31-12-18(29)25-16-8-5-13-3-1-2-4-15(13)11-16/h1-11,20H,12,24H2,(H,25,29). The second-order valence-corrected chi connectivity index (χ2v) is 7.42. The summed E-state index contributed by atoms with van der Waals surface area (Å²) in [6.07, 6.45) is 0. The van der Waals surface area contributed by atoms with E-state index in [4.69, 9.17) is 5.84 Å². The number of ether oxygens (including phenoxy) is 1. The van der Waals surface area contributed by atoms with Crippen LogP contribution in [0.15, 0.2) is 71.9 Å². The minimum Gasteiger partial charge on any atom is -0.435 e. The Hall–Kier alpha value is -3.66. The summed E-state index contributed by atoms with van der Waals surface area (Å²) >= 11 is 1.13. The Morgan fingerprint density at radius 2 is 1.81 bits per heavy atom. The highest BCUT2D eigenvalue weighted by Gasteiger charge is 2.14. The van der Waals surface area contributed by atoms with E-state index >= 15 is 0 Å². The average molecular weight is 441 g/mol. The molecule has 0 unspecified atom stereocenters. The molecule has 10 heteroatoms. The first-order valence-electron chi connectivity index (χ1n) is 9.17. The molecule has 1 aromatic heterocycles. The van der Waals surface area contributed by atoms with Crippen molar-refractivity contribution in [3.05, 3.63) is 66.7 Å². The predicted molar refractivity (Wildman–Crippen MR) is 116 cm³/mol. The number of aromatic nitrogens is 3. The van der Waals surface area contributed by atoms with E-state index in [1.165, 1.54) is 16.8 Å². The van der Waals surface area contributed by atoms with E-state index in [-0.39, 0.29) is 17.4 Å². The quantitative estimate of drug-likeness (QED) is 0.331. The fourth-order valence-electron chi connectivity index (χ4n) is 2.95. The molecule has 3 aromatic carbocycles. The van der Waals surface area contributed by atoms with Gasteiger partial charge < -0.3 is 15.9 Å². The van der Waals surface area contributed by atoms with E-state index in [0.717, 1.165) is 22.5 Å². The van der Waals surface area contributed by atoms with Crippen LogP contribution < -0.4 is 15.9 Å². The highest BCUT2D eigenvalue weighted by Crippen LogP contribution is 2.25. The predicted octanol–water partition coefficient (Wildman–Crippen LogP) is 4.14. The first-order valence-corrected chi connectivity index (χ1v) is 10.2. The number of fused-ring (bicyclic) bond motifs is 1. The zero-order valence-electron chi connectivity index (χ0n) is 16.0. The number of nitrogens with one attached hydrogen (secondary N) is 1. The van der Waals surface area contributed by atoms with Crippen LogP contribution in [-0.4, -0.2) is 33.1 Å². The second kappa shape index (κ2) is 9.00. The molecule has 0 aliphatic rings. The lowest BCUT2D eigenvalue weighted by atomic mass is 10.1. The topological polar surface area (TPSA) is 95.1 Å². The van der Waals surface area contributed by atoms with Gasteiger partial charge in [-0.15, -0.1) is 10.2 Å². The van der Waals surface area contributed by atoms with Crippen LogP contribution in [0.4, 0.5) is 14.5 Å². The number of carbonyl (C=O) groups is 1. The van der Waals surface area contributed by atoms with E-state index in [2.05, 4.69) is 20.3 Å². The molecule has 7 nitrogen and oxygen atoms in total. The third-order valence-corrected chi connectivity index (χ3v) is 5.31. The van der Waals surface area contributed by atoms with Crippen molar-refractivity contribution in [2.75, 3.05) is 16.9 Å². The number of nitrogens with zero attached hydrogens (tertiary/aromatic N) is 3. The zero-order valence-corrected chi connectivity index (χ0v) is 16.9. The summed E-state index contributed by atoms with van der Waals surface area (Å²) in [5.74, 6) is 6.28. The number of carbonyl (C=O) groups excluding carboxylic acids is 1. The van der Waals surface area contributed by atoms with Crippen molar-refractivity contribution in [1.82, 2.24) is 14.9 Å². The van der Waals surface area contributed by atoms with Gasteiger partial charge in [-0.2, -0.15) is 8.78 Å². The molecule has 0 bridgehead atoms. The maximum atomic E-state index is 12.3. The molecule has 3 N–H and O–H groups in total. The average Bonchev–Trinajstić information content (AvgIpc) is 3.12. The molecule has 0 fully saturated rings. The summed E-state index contributed by atoms with van der Waals surface area (Å²) in [4.78, 5) is 12.3. The summed E-state index contributed by atoms with van der Waals surface area (Å²) < 4.78 is 30.1. The number of alkyl halides is 2. The number of thioether (sulfide) groups is 1. The molecule has 0 saturated carbocycles. The van der Waals surface area contributed by atoms with Gasteiger partial charge in [0.2, 0.25) is 11.1 Å². The number of hydrogen-bond acceptors (Lipinski definition) is 6.